The van der Waals surface area contributed by atoms with E-state index in [0.29, 0.717) is 17.1 Å². The normalized spacial score (nSPS) is 10.3. The van der Waals surface area contributed by atoms with Crippen molar-refractivity contribution >= 4 is 18.1 Å². The largest absolute Gasteiger partial charge is 0.270 e. The maximum Gasteiger partial charge on any atom is 0.270 e. The van der Waals surface area contributed by atoms with Gasteiger partial charge < -0.3 is 0 Å². The van der Waals surface area contributed by atoms with E-state index in [1.165, 1.54) is 29.5 Å². The molecule has 0 bridgehead atoms. The van der Waals surface area contributed by atoms with Crippen molar-refractivity contribution in [2.75, 3.05) is 5.43 Å². The second-order valence-electron chi connectivity index (χ2n) is 3.96. The van der Waals surface area contributed by atoms with Gasteiger partial charge in [0, 0.05) is 30.4 Å². The van der Waals surface area contributed by atoms with Gasteiger partial charge in [-0.05, 0) is 24.4 Å². The number of nitrogens with one attached hydrogen (secondary N) is 2. The van der Waals surface area contributed by atoms with Gasteiger partial charge in [0.05, 0.1) is 6.20 Å². The molecule has 0 fully saturated rings. The fraction of sp³-hybridized carbons (Fsp3) is 0. The first kappa shape index (κ1) is 13.1. The van der Waals surface area contributed by atoms with Crippen LogP contribution in [-0.2, 0) is 0 Å². The lowest BCUT2D eigenvalue weighted by molar-refractivity contribution is 0.101. The molecule has 3 aromatic rings. The summed E-state index contributed by atoms with van der Waals surface area (Å²) in [7, 11) is 0. The van der Waals surface area contributed by atoms with E-state index in [0.717, 1.165) is 0 Å². The zero-order chi connectivity index (χ0) is 14.7. The molecule has 8 nitrogen and oxygen atoms in total. The molecule has 0 aliphatic heterocycles. The van der Waals surface area contributed by atoms with E-state index in [-0.39, 0.29) is 10.7 Å². The number of hydrogen-bond acceptors (Lipinski definition) is 6. The van der Waals surface area contributed by atoms with Crippen molar-refractivity contribution in [3.05, 3.63) is 53.5 Å². The number of amides is 1. The molecule has 1 amide bonds. The summed E-state index contributed by atoms with van der Waals surface area (Å²) in [5, 5.41) is 6.66. The van der Waals surface area contributed by atoms with Gasteiger partial charge in [-0.1, -0.05) is 0 Å². The number of carbonyl (C=O) groups excluding carboxylic acids is 1. The average molecular weight is 299 g/mol. The molecule has 0 aliphatic carbocycles. The zero-order valence-corrected chi connectivity index (χ0v) is 11.4. The number of carbonyl (C=O) groups is 1. The van der Waals surface area contributed by atoms with E-state index in [4.69, 9.17) is 12.2 Å². The highest BCUT2D eigenvalue weighted by Gasteiger charge is 2.13. The molecule has 0 spiro atoms. The maximum atomic E-state index is 12.2. The summed E-state index contributed by atoms with van der Waals surface area (Å²) in [4.78, 5) is 24.1. The Balaban J connectivity index is 1.95. The van der Waals surface area contributed by atoms with Crippen molar-refractivity contribution in [2.45, 2.75) is 0 Å². The van der Waals surface area contributed by atoms with Crippen molar-refractivity contribution in [3.63, 3.8) is 0 Å². The highest BCUT2D eigenvalue weighted by atomic mass is 32.1. The highest BCUT2D eigenvalue weighted by Crippen LogP contribution is 2.11. The molecule has 9 heteroatoms. The van der Waals surface area contributed by atoms with Gasteiger partial charge in [-0.25, -0.2) is 14.8 Å². The van der Waals surface area contributed by atoms with Gasteiger partial charge in [-0.3, -0.25) is 20.2 Å². The second-order valence-corrected chi connectivity index (χ2v) is 4.34. The Morgan fingerprint density at radius 2 is 2.00 bits per heavy atom. The van der Waals surface area contributed by atoms with E-state index in [9.17, 15) is 4.79 Å². The maximum absolute atomic E-state index is 12.2. The minimum atomic E-state index is -0.333. The molecule has 0 unspecified atom stereocenters. The van der Waals surface area contributed by atoms with Crippen LogP contribution < -0.4 is 5.43 Å². The van der Waals surface area contributed by atoms with Crippen LogP contribution >= 0.6 is 12.2 Å². The van der Waals surface area contributed by atoms with Crippen molar-refractivity contribution in [1.82, 2.24) is 29.8 Å². The van der Waals surface area contributed by atoms with Crippen LogP contribution in [-0.4, -0.2) is 35.7 Å². The standard InChI is InChI=1S/C12H9N7OS/c20-11(8-1-3-13-4-2-8)18-19-10(16-17-12(19)21)9-7-14-5-6-15-9/h1-7H,(H,17,21)(H,18,20). The van der Waals surface area contributed by atoms with Gasteiger partial charge in [0.2, 0.25) is 10.6 Å². The van der Waals surface area contributed by atoms with Crippen LogP contribution in [0, 0.1) is 4.77 Å². The lowest BCUT2D eigenvalue weighted by Crippen LogP contribution is -2.24. The van der Waals surface area contributed by atoms with Crippen molar-refractivity contribution in [2.24, 2.45) is 0 Å². The Morgan fingerprint density at radius 1 is 1.19 bits per heavy atom. The molecule has 0 radical (unpaired) electrons. The molecule has 0 saturated carbocycles. The molecule has 0 aromatic carbocycles. The number of pyridine rings is 1. The van der Waals surface area contributed by atoms with E-state index in [2.05, 4.69) is 30.6 Å². The number of rotatable bonds is 3. The summed E-state index contributed by atoms with van der Waals surface area (Å²) in [6.07, 6.45) is 7.67. The van der Waals surface area contributed by atoms with Gasteiger partial charge in [0.15, 0.2) is 0 Å². The summed E-state index contributed by atoms with van der Waals surface area (Å²) in [6, 6.07) is 3.20. The molecule has 2 N–H and O–H groups in total. The summed E-state index contributed by atoms with van der Waals surface area (Å²) in [5.41, 5.74) is 3.60. The van der Waals surface area contributed by atoms with Crippen LogP contribution in [0.15, 0.2) is 43.1 Å². The minimum Gasteiger partial charge on any atom is -0.267 e. The molecule has 0 saturated heterocycles. The molecule has 3 aromatic heterocycles. The van der Waals surface area contributed by atoms with Crippen LogP contribution in [0.4, 0.5) is 0 Å². The zero-order valence-electron chi connectivity index (χ0n) is 10.6. The smallest absolute Gasteiger partial charge is 0.267 e. The predicted octanol–water partition coefficient (Wildman–Crippen LogP) is 1.18. The number of H-pyrrole nitrogens is 1. The monoisotopic (exact) mass is 299 g/mol. The summed E-state index contributed by atoms with van der Waals surface area (Å²) in [5.74, 6) is 0.0375. The van der Waals surface area contributed by atoms with E-state index in [1.807, 2.05) is 0 Å². The number of hydrogen-bond donors (Lipinski definition) is 2. The molecule has 3 rings (SSSR count). The van der Waals surface area contributed by atoms with Gasteiger partial charge in [0.1, 0.15) is 5.69 Å². The quantitative estimate of drug-likeness (QED) is 0.704. The third-order valence-corrected chi connectivity index (χ3v) is 2.89. The van der Waals surface area contributed by atoms with Gasteiger partial charge >= 0.3 is 0 Å². The van der Waals surface area contributed by atoms with Gasteiger partial charge in [-0.2, -0.15) is 5.10 Å². The second kappa shape index (κ2) is 5.59. The molecular formula is C12H9N7OS. The first-order valence-corrected chi connectivity index (χ1v) is 6.32. The van der Waals surface area contributed by atoms with Gasteiger partial charge in [0.25, 0.3) is 5.91 Å². The summed E-state index contributed by atoms with van der Waals surface area (Å²) in [6.45, 7) is 0. The molecular weight excluding hydrogens is 290 g/mol. The Labute approximate surface area is 123 Å². The Morgan fingerprint density at radius 3 is 2.71 bits per heavy atom. The Hall–Kier alpha value is -2.94. The molecule has 21 heavy (non-hydrogen) atoms. The van der Waals surface area contributed by atoms with Crippen LogP contribution in [0.1, 0.15) is 10.4 Å². The van der Waals surface area contributed by atoms with Crippen LogP contribution in [0.25, 0.3) is 11.5 Å². The van der Waals surface area contributed by atoms with E-state index in [1.54, 1.807) is 18.3 Å². The van der Waals surface area contributed by atoms with E-state index >= 15 is 0 Å². The highest BCUT2D eigenvalue weighted by molar-refractivity contribution is 7.71. The number of nitrogens with zero attached hydrogens (tertiary/aromatic N) is 5. The Kier molecular flexibility index (Phi) is 3.48. The number of aromatic amines is 1. The van der Waals surface area contributed by atoms with Crippen LogP contribution in [0.3, 0.4) is 0 Å². The first-order valence-electron chi connectivity index (χ1n) is 5.91. The van der Waals surface area contributed by atoms with Crippen LogP contribution in [0.2, 0.25) is 0 Å². The number of aromatic nitrogens is 6. The molecule has 0 atom stereocenters. The fourth-order valence-corrected chi connectivity index (χ4v) is 1.83. The average Bonchev–Trinajstić information content (AvgIpc) is 2.90. The van der Waals surface area contributed by atoms with Gasteiger partial charge in [-0.15, -0.1) is 0 Å². The van der Waals surface area contributed by atoms with E-state index < -0.39 is 0 Å². The summed E-state index contributed by atoms with van der Waals surface area (Å²) < 4.78 is 1.60. The fourth-order valence-electron chi connectivity index (χ4n) is 1.66. The topological polar surface area (TPSA) is 101 Å². The Bertz CT molecular complexity index is 812. The minimum absolute atomic E-state index is 0.248. The van der Waals surface area contributed by atoms with Crippen molar-refractivity contribution < 1.29 is 4.79 Å². The van der Waals surface area contributed by atoms with Crippen LogP contribution in [0.5, 0.6) is 0 Å². The lowest BCUT2D eigenvalue weighted by Gasteiger charge is -2.07. The van der Waals surface area contributed by atoms with Crippen molar-refractivity contribution in [3.8, 4) is 11.5 Å². The van der Waals surface area contributed by atoms with Crippen molar-refractivity contribution in [1.29, 1.82) is 0 Å². The lowest BCUT2D eigenvalue weighted by atomic mass is 10.3. The molecule has 0 aliphatic rings. The third-order valence-electron chi connectivity index (χ3n) is 2.62. The summed E-state index contributed by atoms with van der Waals surface area (Å²) >= 11 is 5.11. The SMILES string of the molecule is O=C(Nn1c(-c2cnccn2)n[nH]c1=S)c1ccncc1. The first-order chi connectivity index (χ1) is 10.3. The third kappa shape index (κ3) is 2.67. The molecule has 104 valence electrons. The molecule has 3 heterocycles. The predicted molar refractivity (Wildman–Crippen MR) is 76.4 cm³/mol.